The van der Waals surface area contributed by atoms with Gasteiger partial charge in [0.2, 0.25) is 5.91 Å². The lowest BCUT2D eigenvalue weighted by atomic mass is 9.92. The average molecular weight is 272 g/mol. The van der Waals surface area contributed by atoms with Gasteiger partial charge in [0.25, 0.3) is 5.91 Å². The molecule has 2 atom stereocenters. The smallest absolute Gasteiger partial charge is 0.250 e. The van der Waals surface area contributed by atoms with E-state index in [1.165, 1.54) is 0 Å². The van der Waals surface area contributed by atoms with Crippen molar-refractivity contribution in [1.82, 2.24) is 9.80 Å². The molecule has 3 rings (SSSR count). The van der Waals surface area contributed by atoms with Crippen LogP contribution in [-0.4, -0.2) is 40.7 Å². The van der Waals surface area contributed by atoms with E-state index in [0.717, 1.165) is 31.4 Å². The van der Waals surface area contributed by atoms with Crippen LogP contribution in [0, 0.1) is 0 Å². The van der Waals surface area contributed by atoms with E-state index in [2.05, 4.69) is 0 Å². The van der Waals surface area contributed by atoms with E-state index in [0.29, 0.717) is 6.54 Å². The largest absolute Gasteiger partial charge is 0.329 e. The molecule has 2 heterocycles. The van der Waals surface area contributed by atoms with Crippen LogP contribution in [0.2, 0.25) is 0 Å². The third-order valence-electron chi connectivity index (χ3n) is 4.36. The molecule has 0 aliphatic carbocycles. The van der Waals surface area contributed by atoms with Gasteiger partial charge >= 0.3 is 0 Å². The summed E-state index contributed by atoms with van der Waals surface area (Å²) in [6.07, 6.45) is 2.85. The quantitative estimate of drug-likeness (QED) is 0.826. The molecular formula is C16H20N2O2. The van der Waals surface area contributed by atoms with Crippen LogP contribution in [0.5, 0.6) is 0 Å². The Hall–Kier alpha value is -1.84. The van der Waals surface area contributed by atoms with Crippen molar-refractivity contribution in [2.45, 2.75) is 38.3 Å². The van der Waals surface area contributed by atoms with E-state index in [1.54, 1.807) is 9.80 Å². The van der Waals surface area contributed by atoms with Crippen molar-refractivity contribution < 1.29 is 9.59 Å². The van der Waals surface area contributed by atoms with Crippen LogP contribution >= 0.6 is 0 Å². The van der Waals surface area contributed by atoms with Crippen molar-refractivity contribution in [2.24, 2.45) is 0 Å². The van der Waals surface area contributed by atoms with E-state index in [-0.39, 0.29) is 17.9 Å². The molecule has 0 saturated carbocycles. The Labute approximate surface area is 119 Å². The highest BCUT2D eigenvalue weighted by Crippen LogP contribution is 2.33. The van der Waals surface area contributed by atoms with Crippen molar-refractivity contribution in [2.75, 3.05) is 13.1 Å². The molecule has 2 saturated heterocycles. The van der Waals surface area contributed by atoms with Crippen LogP contribution in [0.15, 0.2) is 30.3 Å². The lowest BCUT2D eigenvalue weighted by Gasteiger charge is -2.46. The Morgan fingerprint density at radius 2 is 1.85 bits per heavy atom. The minimum Gasteiger partial charge on any atom is -0.329 e. The molecule has 2 aliphatic rings. The summed E-state index contributed by atoms with van der Waals surface area (Å²) in [7, 11) is 0. The predicted molar refractivity (Wildman–Crippen MR) is 75.9 cm³/mol. The van der Waals surface area contributed by atoms with Crippen LogP contribution in [0.3, 0.4) is 0 Å². The second-order valence-electron chi connectivity index (χ2n) is 5.48. The first-order chi connectivity index (χ1) is 9.74. The van der Waals surface area contributed by atoms with Crippen molar-refractivity contribution in [3.8, 4) is 0 Å². The minimum atomic E-state index is -0.442. The molecule has 2 unspecified atom stereocenters. The zero-order valence-electron chi connectivity index (χ0n) is 11.8. The van der Waals surface area contributed by atoms with E-state index in [4.69, 9.17) is 0 Å². The summed E-state index contributed by atoms with van der Waals surface area (Å²) < 4.78 is 0. The number of piperidine rings is 1. The van der Waals surface area contributed by atoms with Crippen LogP contribution in [0.1, 0.15) is 37.8 Å². The van der Waals surface area contributed by atoms with Gasteiger partial charge in [0, 0.05) is 13.1 Å². The number of carbonyl (C=O) groups excluding carboxylic acids is 2. The molecule has 4 nitrogen and oxygen atoms in total. The number of nitrogens with zero attached hydrogens (tertiary/aromatic N) is 2. The van der Waals surface area contributed by atoms with Crippen molar-refractivity contribution >= 4 is 11.8 Å². The zero-order valence-corrected chi connectivity index (χ0v) is 11.8. The monoisotopic (exact) mass is 272 g/mol. The van der Waals surface area contributed by atoms with Gasteiger partial charge in [-0.3, -0.25) is 9.59 Å². The number of amides is 2. The molecule has 20 heavy (non-hydrogen) atoms. The first kappa shape index (κ1) is 13.2. The fourth-order valence-corrected chi connectivity index (χ4v) is 3.36. The maximum Gasteiger partial charge on any atom is 0.250 e. The van der Waals surface area contributed by atoms with Gasteiger partial charge in [-0.1, -0.05) is 30.3 Å². The van der Waals surface area contributed by atoms with Crippen molar-refractivity contribution in [1.29, 1.82) is 0 Å². The Bertz CT molecular complexity index is 514. The summed E-state index contributed by atoms with van der Waals surface area (Å²) in [6.45, 7) is 3.24. The summed E-state index contributed by atoms with van der Waals surface area (Å²) >= 11 is 0. The number of benzene rings is 1. The number of hydrogen-bond acceptors (Lipinski definition) is 2. The maximum absolute atomic E-state index is 12.8. The summed E-state index contributed by atoms with van der Waals surface area (Å²) in [4.78, 5) is 29.0. The van der Waals surface area contributed by atoms with Crippen LogP contribution < -0.4 is 0 Å². The highest BCUT2D eigenvalue weighted by Gasteiger charge is 2.46. The third kappa shape index (κ3) is 1.99. The first-order valence-electron chi connectivity index (χ1n) is 7.40. The lowest BCUT2D eigenvalue weighted by Crippen LogP contribution is -2.62. The van der Waals surface area contributed by atoms with Gasteiger partial charge in [-0.2, -0.15) is 0 Å². The van der Waals surface area contributed by atoms with Crippen molar-refractivity contribution in [3.63, 3.8) is 0 Å². The predicted octanol–water partition coefficient (Wildman–Crippen LogP) is 1.97. The highest BCUT2D eigenvalue weighted by atomic mass is 16.2. The first-order valence-corrected chi connectivity index (χ1v) is 7.40. The Morgan fingerprint density at radius 3 is 2.55 bits per heavy atom. The number of likely N-dealkylation sites (N-methyl/N-ethyl adjacent to an activating group) is 1. The molecule has 2 fully saturated rings. The number of carbonyl (C=O) groups is 2. The fourth-order valence-electron chi connectivity index (χ4n) is 3.36. The zero-order chi connectivity index (χ0) is 14.1. The van der Waals surface area contributed by atoms with Gasteiger partial charge < -0.3 is 9.80 Å². The molecule has 4 heteroatoms. The van der Waals surface area contributed by atoms with Crippen LogP contribution in [0.25, 0.3) is 0 Å². The Kier molecular flexibility index (Phi) is 3.47. The second-order valence-corrected chi connectivity index (χ2v) is 5.48. The summed E-state index contributed by atoms with van der Waals surface area (Å²) in [5.74, 6) is 0.197. The standard InChI is InChI=1S/C16H20N2O2/c1-2-17-14(12-8-4-3-5-9-12)16(20)18-11-7-6-10-13(18)15(17)19/h3-5,8-9,13-14H,2,6-7,10-11H2,1H3. The molecule has 0 radical (unpaired) electrons. The van der Waals surface area contributed by atoms with Crippen LogP contribution in [-0.2, 0) is 9.59 Å². The highest BCUT2D eigenvalue weighted by molar-refractivity contribution is 5.97. The van der Waals surface area contributed by atoms with E-state index in [9.17, 15) is 9.59 Å². The molecular weight excluding hydrogens is 252 g/mol. The molecule has 2 aliphatic heterocycles. The molecule has 0 bridgehead atoms. The average Bonchev–Trinajstić information content (AvgIpc) is 2.51. The number of hydrogen-bond donors (Lipinski definition) is 0. The number of fused-ring (bicyclic) bond motifs is 1. The summed E-state index contributed by atoms with van der Waals surface area (Å²) in [6, 6.07) is 8.97. The SMILES string of the molecule is CCN1C(=O)C2CCCCN2C(=O)C1c1ccccc1. The minimum absolute atomic E-state index is 0.0855. The van der Waals surface area contributed by atoms with E-state index < -0.39 is 6.04 Å². The topological polar surface area (TPSA) is 40.6 Å². The summed E-state index contributed by atoms with van der Waals surface area (Å²) in [5.41, 5.74) is 0.914. The molecule has 0 aromatic heterocycles. The maximum atomic E-state index is 12.8. The molecule has 1 aromatic carbocycles. The molecule has 2 amide bonds. The fraction of sp³-hybridized carbons (Fsp3) is 0.500. The van der Waals surface area contributed by atoms with E-state index >= 15 is 0 Å². The van der Waals surface area contributed by atoms with Gasteiger partial charge in [0.15, 0.2) is 0 Å². The normalized spacial score (nSPS) is 26.6. The number of piperazine rings is 1. The molecule has 1 aromatic rings. The van der Waals surface area contributed by atoms with Gasteiger partial charge in [0.05, 0.1) is 0 Å². The molecule has 0 spiro atoms. The third-order valence-corrected chi connectivity index (χ3v) is 4.36. The number of rotatable bonds is 2. The van der Waals surface area contributed by atoms with Gasteiger partial charge in [0.1, 0.15) is 12.1 Å². The van der Waals surface area contributed by atoms with Gasteiger partial charge in [-0.15, -0.1) is 0 Å². The van der Waals surface area contributed by atoms with Crippen molar-refractivity contribution in [3.05, 3.63) is 35.9 Å². The molecule has 0 N–H and O–H groups in total. The lowest BCUT2D eigenvalue weighted by molar-refractivity contribution is -0.163. The second kappa shape index (κ2) is 5.27. The van der Waals surface area contributed by atoms with Gasteiger partial charge in [-0.05, 0) is 31.7 Å². The molecule has 106 valence electrons. The van der Waals surface area contributed by atoms with E-state index in [1.807, 2.05) is 37.3 Å². The Balaban J connectivity index is 1.99. The summed E-state index contributed by atoms with van der Waals surface area (Å²) in [5, 5.41) is 0. The van der Waals surface area contributed by atoms with Gasteiger partial charge in [-0.25, -0.2) is 0 Å². The van der Waals surface area contributed by atoms with Crippen LogP contribution in [0.4, 0.5) is 0 Å². The Morgan fingerprint density at radius 1 is 1.10 bits per heavy atom.